The van der Waals surface area contributed by atoms with Gasteiger partial charge in [-0.3, -0.25) is 9.69 Å². The standard InChI is InChI=1S/C22H19FN2O3/c1-27-19-12-11-14(13-20(19)28-2)21-22(26)25(17-9-5-3-7-15(17)23)18-10-6-4-8-16(18)24-21/h3-13,21,24H,1-2H3. The third-order valence-corrected chi connectivity index (χ3v) is 4.75. The molecule has 142 valence electrons. The first kappa shape index (κ1) is 17.9. The molecule has 1 atom stereocenters. The summed E-state index contributed by atoms with van der Waals surface area (Å²) in [7, 11) is 3.09. The molecule has 1 amide bonds. The van der Waals surface area contributed by atoms with Crippen molar-refractivity contribution in [1.82, 2.24) is 0 Å². The fraction of sp³-hybridized carbons (Fsp3) is 0.136. The molecule has 6 heteroatoms. The van der Waals surface area contributed by atoms with E-state index in [1.165, 1.54) is 11.0 Å². The predicted molar refractivity (Wildman–Crippen MR) is 106 cm³/mol. The quantitative estimate of drug-likeness (QED) is 0.717. The average Bonchev–Trinajstić information content (AvgIpc) is 2.73. The molecular formula is C22H19FN2O3. The van der Waals surface area contributed by atoms with Gasteiger partial charge < -0.3 is 14.8 Å². The minimum atomic E-state index is -0.700. The second kappa shape index (κ2) is 7.23. The number of fused-ring (bicyclic) bond motifs is 1. The number of carbonyl (C=O) groups excluding carboxylic acids is 1. The Balaban J connectivity index is 1.84. The number of para-hydroxylation sites is 3. The number of ether oxygens (including phenoxy) is 2. The van der Waals surface area contributed by atoms with Crippen molar-refractivity contribution in [2.45, 2.75) is 6.04 Å². The van der Waals surface area contributed by atoms with Crippen molar-refractivity contribution in [3.8, 4) is 11.5 Å². The maximum absolute atomic E-state index is 14.5. The van der Waals surface area contributed by atoms with Crippen LogP contribution in [0.2, 0.25) is 0 Å². The lowest BCUT2D eigenvalue weighted by Crippen LogP contribution is -2.39. The Bertz CT molecular complexity index is 1040. The van der Waals surface area contributed by atoms with Crippen molar-refractivity contribution in [2.75, 3.05) is 24.4 Å². The second-order valence-electron chi connectivity index (χ2n) is 6.33. The first-order chi connectivity index (χ1) is 13.6. The van der Waals surface area contributed by atoms with E-state index in [0.717, 1.165) is 5.69 Å². The summed E-state index contributed by atoms with van der Waals surface area (Å²) >= 11 is 0. The van der Waals surface area contributed by atoms with Gasteiger partial charge in [-0.05, 0) is 42.0 Å². The number of nitrogens with one attached hydrogen (secondary N) is 1. The van der Waals surface area contributed by atoms with Crippen molar-refractivity contribution in [3.63, 3.8) is 0 Å². The third kappa shape index (κ3) is 2.93. The number of carbonyl (C=O) groups is 1. The molecule has 0 fully saturated rings. The molecule has 1 unspecified atom stereocenters. The molecule has 4 rings (SSSR count). The number of amides is 1. The van der Waals surface area contributed by atoms with E-state index in [0.29, 0.717) is 22.7 Å². The van der Waals surface area contributed by atoms with Crippen LogP contribution in [0, 0.1) is 5.82 Å². The molecule has 0 radical (unpaired) electrons. The Hall–Kier alpha value is -3.54. The minimum absolute atomic E-state index is 0.215. The van der Waals surface area contributed by atoms with Crippen LogP contribution in [0.25, 0.3) is 0 Å². The molecule has 3 aromatic carbocycles. The number of benzene rings is 3. The van der Waals surface area contributed by atoms with E-state index >= 15 is 0 Å². The van der Waals surface area contributed by atoms with Gasteiger partial charge in [-0.25, -0.2) is 4.39 Å². The molecule has 1 aliphatic rings. The van der Waals surface area contributed by atoms with Crippen LogP contribution >= 0.6 is 0 Å². The van der Waals surface area contributed by atoms with E-state index in [1.54, 1.807) is 56.7 Å². The zero-order chi connectivity index (χ0) is 19.7. The highest BCUT2D eigenvalue weighted by Crippen LogP contribution is 2.42. The number of methoxy groups -OCH3 is 2. The van der Waals surface area contributed by atoms with Gasteiger partial charge in [-0.2, -0.15) is 0 Å². The molecule has 28 heavy (non-hydrogen) atoms. The summed E-state index contributed by atoms with van der Waals surface area (Å²) in [5.41, 5.74) is 2.25. The van der Waals surface area contributed by atoms with E-state index < -0.39 is 11.9 Å². The van der Waals surface area contributed by atoms with Crippen LogP contribution in [-0.2, 0) is 4.79 Å². The first-order valence-electron chi connectivity index (χ1n) is 8.80. The van der Waals surface area contributed by atoms with E-state index in [4.69, 9.17) is 9.47 Å². The number of halogens is 1. The lowest BCUT2D eigenvalue weighted by Gasteiger charge is -2.35. The second-order valence-corrected chi connectivity index (χ2v) is 6.33. The zero-order valence-corrected chi connectivity index (χ0v) is 15.5. The highest BCUT2D eigenvalue weighted by atomic mass is 19.1. The van der Waals surface area contributed by atoms with Crippen molar-refractivity contribution in [1.29, 1.82) is 0 Å². The van der Waals surface area contributed by atoms with E-state index in [2.05, 4.69) is 5.32 Å². The summed E-state index contributed by atoms with van der Waals surface area (Å²) in [5, 5.41) is 3.26. The van der Waals surface area contributed by atoms with Crippen molar-refractivity contribution in [2.24, 2.45) is 0 Å². The molecule has 0 aromatic heterocycles. The SMILES string of the molecule is COc1ccc(C2Nc3ccccc3N(c3ccccc3F)C2=O)cc1OC. The van der Waals surface area contributed by atoms with Gasteiger partial charge in [0.05, 0.1) is 31.3 Å². The number of rotatable bonds is 4. The average molecular weight is 378 g/mol. The largest absolute Gasteiger partial charge is 0.493 e. The Morgan fingerprint density at radius 2 is 1.57 bits per heavy atom. The van der Waals surface area contributed by atoms with Gasteiger partial charge in [0.1, 0.15) is 11.9 Å². The highest BCUT2D eigenvalue weighted by molar-refractivity contribution is 6.10. The van der Waals surface area contributed by atoms with E-state index in [-0.39, 0.29) is 11.6 Å². The van der Waals surface area contributed by atoms with Crippen LogP contribution < -0.4 is 19.7 Å². The molecule has 1 N–H and O–H groups in total. The van der Waals surface area contributed by atoms with E-state index in [9.17, 15) is 9.18 Å². The van der Waals surface area contributed by atoms with Crippen molar-refractivity contribution in [3.05, 3.63) is 78.1 Å². The summed E-state index contributed by atoms with van der Waals surface area (Å²) < 4.78 is 25.2. The van der Waals surface area contributed by atoms with Crippen LogP contribution in [0.15, 0.2) is 66.7 Å². The molecule has 5 nitrogen and oxygen atoms in total. The third-order valence-electron chi connectivity index (χ3n) is 4.75. The molecule has 0 bridgehead atoms. The predicted octanol–water partition coefficient (Wildman–Crippen LogP) is 4.67. The number of hydrogen-bond donors (Lipinski definition) is 1. The number of hydrogen-bond acceptors (Lipinski definition) is 4. The molecule has 0 aliphatic carbocycles. The number of anilines is 3. The monoisotopic (exact) mass is 378 g/mol. The van der Waals surface area contributed by atoms with Crippen molar-refractivity contribution < 1.29 is 18.7 Å². The summed E-state index contributed by atoms with van der Waals surface area (Å²) in [6.45, 7) is 0. The summed E-state index contributed by atoms with van der Waals surface area (Å²) in [5.74, 6) is 0.349. The van der Waals surface area contributed by atoms with E-state index in [1.807, 2.05) is 18.2 Å². The number of nitrogens with zero attached hydrogens (tertiary/aromatic N) is 1. The molecule has 3 aromatic rings. The van der Waals surface area contributed by atoms with Gasteiger partial charge in [-0.1, -0.05) is 30.3 Å². The maximum atomic E-state index is 14.5. The summed E-state index contributed by atoms with van der Waals surface area (Å²) in [6, 6.07) is 18.2. The Morgan fingerprint density at radius 1 is 0.893 bits per heavy atom. The van der Waals surface area contributed by atoms with Gasteiger partial charge in [0.2, 0.25) is 0 Å². The molecule has 1 heterocycles. The highest BCUT2D eigenvalue weighted by Gasteiger charge is 2.35. The van der Waals surface area contributed by atoms with Gasteiger partial charge in [-0.15, -0.1) is 0 Å². The molecule has 0 spiro atoms. The van der Waals surface area contributed by atoms with Crippen LogP contribution in [-0.4, -0.2) is 20.1 Å². The van der Waals surface area contributed by atoms with Crippen LogP contribution in [0.1, 0.15) is 11.6 Å². The molecular weight excluding hydrogens is 359 g/mol. The fourth-order valence-corrected chi connectivity index (χ4v) is 3.40. The van der Waals surface area contributed by atoms with Gasteiger partial charge >= 0.3 is 0 Å². The van der Waals surface area contributed by atoms with Crippen molar-refractivity contribution >= 4 is 23.0 Å². The normalized spacial score (nSPS) is 15.6. The molecule has 0 saturated carbocycles. The lowest BCUT2D eigenvalue weighted by atomic mass is 10.00. The van der Waals surface area contributed by atoms with Crippen LogP contribution in [0.5, 0.6) is 11.5 Å². The Labute approximate surface area is 162 Å². The maximum Gasteiger partial charge on any atom is 0.258 e. The first-order valence-corrected chi connectivity index (χ1v) is 8.80. The van der Waals surface area contributed by atoms with Crippen LogP contribution in [0.3, 0.4) is 0 Å². The van der Waals surface area contributed by atoms with Gasteiger partial charge in [0.25, 0.3) is 5.91 Å². The smallest absolute Gasteiger partial charge is 0.258 e. The Kier molecular flexibility index (Phi) is 4.61. The summed E-state index contributed by atoms with van der Waals surface area (Å²) in [6.07, 6.45) is 0. The van der Waals surface area contributed by atoms with Gasteiger partial charge in [0.15, 0.2) is 11.5 Å². The van der Waals surface area contributed by atoms with Crippen LogP contribution in [0.4, 0.5) is 21.5 Å². The Morgan fingerprint density at radius 3 is 2.29 bits per heavy atom. The van der Waals surface area contributed by atoms with Gasteiger partial charge in [0, 0.05) is 0 Å². The molecule has 0 saturated heterocycles. The fourth-order valence-electron chi connectivity index (χ4n) is 3.40. The molecule has 1 aliphatic heterocycles. The topological polar surface area (TPSA) is 50.8 Å². The zero-order valence-electron chi connectivity index (χ0n) is 15.5. The minimum Gasteiger partial charge on any atom is -0.493 e. The summed E-state index contributed by atoms with van der Waals surface area (Å²) in [4.78, 5) is 14.8. The lowest BCUT2D eigenvalue weighted by molar-refractivity contribution is -0.119.